The summed E-state index contributed by atoms with van der Waals surface area (Å²) in [6.45, 7) is 5.52. The molecule has 0 radical (unpaired) electrons. The molecule has 1 N–H and O–H groups in total. The van der Waals surface area contributed by atoms with Gasteiger partial charge in [0.25, 0.3) is 0 Å². The van der Waals surface area contributed by atoms with E-state index in [1.807, 2.05) is 18.2 Å². The topological polar surface area (TPSA) is 67.3 Å². The third-order valence-electron chi connectivity index (χ3n) is 3.99. The average Bonchev–Trinajstić information content (AvgIpc) is 2.99. The minimum absolute atomic E-state index is 0.129. The molecular weight excluding hydrogens is 324 g/mol. The molecule has 2 aromatic rings. The molecule has 1 aromatic carbocycles. The maximum atomic E-state index is 12.5. The van der Waals surface area contributed by atoms with Crippen molar-refractivity contribution in [1.82, 2.24) is 15.1 Å². The number of hydrogen-bond donors (Lipinski definition) is 1. The van der Waals surface area contributed by atoms with Gasteiger partial charge in [0.2, 0.25) is 5.13 Å². The summed E-state index contributed by atoms with van der Waals surface area (Å²) in [6.07, 6.45) is 1.67. The number of nitrogens with zero attached hydrogens (tertiary/aromatic N) is 3. The zero-order valence-corrected chi connectivity index (χ0v) is 15.0. The van der Waals surface area contributed by atoms with Gasteiger partial charge in [-0.1, -0.05) is 37.3 Å². The Morgan fingerprint density at radius 2 is 2.25 bits per heavy atom. The van der Waals surface area contributed by atoms with E-state index in [2.05, 4.69) is 29.4 Å². The first-order valence-electron chi connectivity index (χ1n) is 8.10. The van der Waals surface area contributed by atoms with Crippen molar-refractivity contribution in [3.8, 4) is 5.75 Å². The summed E-state index contributed by atoms with van der Waals surface area (Å²) in [5.41, 5.74) is 2.33. The van der Waals surface area contributed by atoms with Gasteiger partial charge in [-0.25, -0.2) is 4.79 Å². The lowest BCUT2D eigenvalue weighted by molar-refractivity contribution is 0.206. The fourth-order valence-electron chi connectivity index (χ4n) is 2.85. The molecule has 1 aliphatic heterocycles. The Hall–Kier alpha value is -2.15. The average molecular weight is 346 g/mol. The predicted octanol–water partition coefficient (Wildman–Crippen LogP) is 3.34. The van der Waals surface area contributed by atoms with Gasteiger partial charge in [0.15, 0.2) is 0 Å². The van der Waals surface area contributed by atoms with Gasteiger partial charge < -0.3 is 9.64 Å². The first-order chi connectivity index (χ1) is 11.6. The summed E-state index contributed by atoms with van der Waals surface area (Å²) in [5.74, 6) is 1.42. The van der Waals surface area contributed by atoms with Crippen molar-refractivity contribution in [1.29, 1.82) is 0 Å². The van der Waals surface area contributed by atoms with E-state index in [9.17, 15) is 4.79 Å². The Balaban J connectivity index is 1.65. The molecule has 7 heteroatoms. The van der Waals surface area contributed by atoms with Crippen LogP contribution >= 0.6 is 11.3 Å². The second-order valence-electron chi connectivity index (χ2n) is 6.30. The second kappa shape index (κ2) is 7.17. The SMILES string of the molecule is COc1cccc2c1CCN(C(=O)Nc1nnc(CC(C)C)s1)C2. The van der Waals surface area contributed by atoms with Crippen molar-refractivity contribution in [2.75, 3.05) is 19.0 Å². The molecule has 1 aliphatic rings. The Bertz CT molecular complexity index is 729. The van der Waals surface area contributed by atoms with Crippen LogP contribution in [0.15, 0.2) is 18.2 Å². The number of anilines is 1. The normalized spacial score (nSPS) is 13.8. The van der Waals surface area contributed by atoms with E-state index >= 15 is 0 Å². The first kappa shape index (κ1) is 16.7. The molecule has 0 saturated heterocycles. The number of methoxy groups -OCH3 is 1. The van der Waals surface area contributed by atoms with Crippen LogP contribution in [-0.4, -0.2) is 34.8 Å². The monoisotopic (exact) mass is 346 g/mol. The predicted molar refractivity (Wildman–Crippen MR) is 94.6 cm³/mol. The number of benzene rings is 1. The molecule has 0 unspecified atom stereocenters. The van der Waals surface area contributed by atoms with Gasteiger partial charge >= 0.3 is 6.03 Å². The highest BCUT2D eigenvalue weighted by molar-refractivity contribution is 7.15. The van der Waals surface area contributed by atoms with Crippen molar-refractivity contribution >= 4 is 22.5 Å². The lowest BCUT2D eigenvalue weighted by Gasteiger charge is -2.29. The largest absolute Gasteiger partial charge is 0.496 e. The first-order valence-corrected chi connectivity index (χ1v) is 8.91. The zero-order chi connectivity index (χ0) is 17.1. The van der Waals surface area contributed by atoms with E-state index < -0.39 is 0 Å². The van der Waals surface area contributed by atoms with Crippen molar-refractivity contribution in [2.45, 2.75) is 33.2 Å². The van der Waals surface area contributed by atoms with Crippen LogP contribution in [0.25, 0.3) is 0 Å². The molecule has 0 bridgehead atoms. The molecule has 3 rings (SSSR count). The summed E-state index contributed by atoms with van der Waals surface area (Å²) in [5, 5.41) is 12.6. The summed E-state index contributed by atoms with van der Waals surface area (Å²) in [7, 11) is 1.68. The minimum atomic E-state index is -0.129. The number of aromatic nitrogens is 2. The van der Waals surface area contributed by atoms with Crippen LogP contribution in [0.2, 0.25) is 0 Å². The molecule has 0 saturated carbocycles. The van der Waals surface area contributed by atoms with Gasteiger partial charge in [0, 0.05) is 25.1 Å². The van der Waals surface area contributed by atoms with Gasteiger partial charge in [-0.05, 0) is 24.0 Å². The highest BCUT2D eigenvalue weighted by Gasteiger charge is 2.23. The number of fused-ring (bicyclic) bond motifs is 1. The van der Waals surface area contributed by atoms with Crippen LogP contribution < -0.4 is 10.1 Å². The number of hydrogen-bond acceptors (Lipinski definition) is 5. The molecule has 6 nitrogen and oxygen atoms in total. The van der Waals surface area contributed by atoms with Crippen LogP contribution in [0, 0.1) is 5.92 Å². The van der Waals surface area contributed by atoms with E-state index in [-0.39, 0.29) is 6.03 Å². The summed E-state index contributed by atoms with van der Waals surface area (Å²) >= 11 is 1.44. The zero-order valence-electron chi connectivity index (χ0n) is 14.2. The number of ether oxygens (including phenoxy) is 1. The van der Waals surface area contributed by atoms with Crippen LogP contribution in [0.1, 0.15) is 30.0 Å². The lowest BCUT2D eigenvalue weighted by Crippen LogP contribution is -2.39. The summed E-state index contributed by atoms with van der Waals surface area (Å²) < 4.78 is 5.40. The smallest absolute Gasteiger partial charge is 0.324 e. The van der Waals surface area contributed by atoms with Crippen molar-refractivity contribution < 1.29 is 9.53 Å². The van der Waals surface area contributed by atoms with Crippen LogP contribution in [-0.2, 0) is 19.4 Å². The van der Waals surface area contributed by atoms with Crippen molar-refractivity contribution in [3.05, 3.63) is 34.3 Å². The molecule has 0 fully saturated rings. The van der Waals surface area contributed by atoms with Crippen molar-refractivity contribution in [2.24, 2.45) is 5.92 Å². The second-order valence-corrected chi connectivity index (χ2v) is 7.36. The Labute approximate surface area is 145 Å². The van der Waals surface area contributed by atoms with E-state index in [0.29, 0.717) is 24.1 Å². The highest BCUT2D eigenvalue weighted by atomic mass is 32.1. The third-order valence-corrected chi connectivity index (χ3v) is 4.85. The molecule has 0 spiro atoms. The highest BCUT2D eigenvalue weighted by Crippen LogP contribution is 2.28. The van der Waals surface area contributed by atoms with Crippen LogP contribution in [0.3, 0.4) is 0 Å². The fourth-order valence-corrected chi connectivity index (χ4v) is 3.79. The quantitative estimate of drug-likeness (QED) is 0.922. The van der Waals surface area contributed by atoms with E-state index in [1.165, 1.54) is 16.9 Å². The van der Waals surface area contributed by atoms with E-state index in [1.54, 1.807) is 12.0 Å². The van der Waals surface area contributed by atoms with E-state index in [4.69, 9.17) is 4.74 Å². The Morgan fingerprint density at radius 3 is 3.00 bits per heavy atom. The molecule has 1 aromatic heterocycles. The molecule has 0 aliphatic carbocycles. The maximum absolute atomic E-state index is 12.5. The Morgan fingerprint density at radius 1 is 1.42 bits per heavy atom. The van der Waals surface area contributed by atoms with E-state index in [0.717, 1.165) is 29.2 Å². The molecule has 2 amide bonds. The van der Waals surface area contributed by atoms with Gasteiger partial charge in [-0.3, -0.25) is 5.32 Å². The van der Waals surface area contributed by atoms with Crippen LogP contribution in [0.4, 0.5) is 9.93 Å². The Kier molecular flexibility index (Phi) is 4.99. The standard InChI is InChI=1S/C17H22N4O2S/c1-11(2)9-15-19-20-16(24-15)18-17(22)21-8-7-13-12(10-21)5-4-6-14(13)23-3/h4-6,11H,7-10H2,1-3H3,(H,18,20,22). The number of carbonyl (C=O) groups excluding carboxylic acids is 1. The van der Waals surface area contributed by atoms with Crippen molar-refractivity contribution in [3.63, 3.8) is 0 Å². The van der Waals surface area contributed by atoms with Gasteiger partial charge in [-0.15, -0.1) is 10.2 Å². The summed E-state index contributed by atoms with van der Waals surface area (Å²) in [6, 6.07) is 5.84. The van der Waals surface area contributed by atoms with Gasteiger partial charge in [-0.2, -0.15) is 0 Å². The number of rotatable bonds is 4. The minimum Gasteiger partial charge on any atom is -0.496 e. The fraction of sp³-hybridized carbons (Fsp3) is 0.471. The maximum Gasteiger partial charge on any atom is 0.324 e. The number of nitrogens with one attached hydrogen (secondary N) is 1. The number of amides is 2. The molecule has 0 atom stereocenters. The molecule has 2 heterocycles. The molecular formula is C17H22N4O2S. The summed E-state index contributed by atoms with van der Waals surface area (Å²) in [4.78, 5) is 14.3. The van der Waals surface area contributed by atoms with Gasteiger partial charge in [0.05, 0.1) is 7.11 Å². The lowest BCUT2D eigenvalue weighted by atomic mass is 9.99. The molecule has 128 valence electrons. The number of carbonyl (C=O) groups is 1. The number of urea groups is 1. The van der Waals surface area contributed by atoms with Gasteiger partial charge in [0.1, 0.15) is 10.8 Å². The van der Waals surface area contributed by atoms with Crippen LogP contribution in [0.5, 0.6) is 5.75 Å². The third kappa shape index (κ3) is 3.67. The molecule has 24 heavy (non-hydrogen) atoms.